The molecule has 0 aliphatic rings. The van der Waals surface area contributed by atoms with Gasteiger partial charge in [-0.3, -0.25) is 5.32 Å². The largest absolute Gasteiger partial charge is 0.476 e. The van der Waals surface area contributed by atoms with Gasteiger partial charge in [-0.15, -0.1) is 0 Å². The average Bonchev–Trinajstić information content (AvgIpc) is 2.17. The van der Waals surface area contributed by atoms with Gasteiger partial charge in [0.2, 0.25) is 0 Å². The van der Waals surface area contributed by atoms with E-state index in [1.165, 1.54) is 6.92 Å². The molecule has 0 saturated heterocycles. The van der Waals surface area contributed by atoms with E-state index < -0.39 is 27.8 Å². The zero-order valence-corrected chi connectivity index (χ0v) is 11.0. The van der Waals surface area contributed by atoms with Crippen LogP contribution in [0.25, 0.3) is 0 Å². The van der Waals surface area contributed by atoms with Crippen LogP contribution in [0.15, 0.2) is 0 Å². The number of aliphatic carboxylic acids is 1. The Morgan fingerprint density at radius 3 is 2.38 bits per heavy atom. The molecule has 0 spiro atoms. The van der Waals surface area contributed by atoms with E-state index in [4.69, 9.17) is 9.84 Å². The van der Waals surface area contributed by atoms with Crippen LogP contribution < -0.4 is 5.32 Å². The highest BCUT2D eigenvalue weighted by atomic mass is 32.2. The second-order valence-corrected chi connectivity index (χ2v) is 6.22. The summed E-state index contributed by atoms with van der Waals surface area (Å²) < 4.78 is 4.87. The molecule has 0 heterocycles. The van der Waals surface area contributed by atoms with Gasteiger partial charge in [-0.2, -0.15) is 0 Å². The van der Waals surface area contributed by atoms with Crippen molar-refractivity contribution in [2.75, 3.05) is 19.1 Å². The van der Waals surface area contributed by atoms with Crippen LogP contribution in [0.3, 0.4) is 0 Å². The Morgan fingerprint density at radius 2 is 2.00 bits per heavy atom. The first-order chi connectivity index (χ1) is 7.34. The summed E-state index contributed by atoms with van der Waals surface area (Å²) in [6.45, 7) is 3.79. The van der Waals surface area contributed by atoms with Gasteiger partial charge in [0.1, 0.15) is 12.5 Å². The molecule has 0 radical (unpaired) electrons. The lowest BCUT2D eigenvalue weighted by Gasteiger charge is -2.21. The van der Waals surface area contributed by atoms with Crippen LogP contribution in [0.4, 0.5) is 4.79 Å². The van der Waals surface area contributed by atoms with Crippen LogP contribution in [0.2, 0.25) is 0 Å². The number of nitrogens with one attached hydrogen (secondary N) is 1. The third-order valence-electron chi connectivity index (χ3n) is 2.30. The van der Waals surface area contributed by atoms with E-state index in [0.29, 0.717) is 6.61 Å². The average molecular weight is 250 g/mol. The van der Waals surface area contributed by atoms with E-state index >= 15 is 0 Å². The van der Waals surface area contributed by atoms with Crippen molar-refractivity contribution in [2.45, 2.75) is 31.6 Å². The normalized spacial score (nSPS) is 14.3. The predicted molar refractivity (Wildman–Crippen MR) is 64.6 cm³/mol. The van der Waals surface area contributed by atoms with Crippen molar-refractivity contribution in [3.63, 3.8) is 0 Å². The van der Waals surface area contributed by atoms with Crippen LogP contribution in [0.5, 0.6) is 0 Å². The summed E-state index contributed by atoms with van der Waals surface area (Å²) in [5.41, 5.74) is 0. The lowest BCUT2D eigenvalue weighted by molar-refractivity contribution is -0.140. The predicted octanol–water partition coefficient (Wildman–Crippen LogP) is 1.19. The molecule has 1 unspecified atom stereocenters. The molecule has 0 fully saturated rings. The molecular weight excluding hydrogens is 230 g/mol. The number of hydrogen-bond donors (Lipinski definition) is 2. The first-order valence-corrected chi connectivity index (χ1v) is 7.14. The Labute approximate surface area is 98.9 Å². The van der Waals surface area contributed by atoms with Gasteiger partial charge in [-0.25, -0.2) is 9.59 Å². The Morgan fingerprint density at radius 1 is 1.44 bits per heavy atom. The third-order valence-corrected chi connectivity index (χ3v) is 4.21. The number of hydrogen-bond acceptors (Lipinski definition) is 3. The van der Waals surface area contributed by atoms with Crippen LogP contribution in [0, 0.1) is 0 Å². The van der Waals surface area contributed by atoms with E-state index in [1.54, 1.807) is 12.5 Å². The molecule has 0 aliphatic carbocycles. The van der Waals surface area contributed by atoms with Crippen LogP contribution in [-0.4, -0.2) is 41.2 Å². The first kappa shape index (κ1) is 15.1. The Kier molecular flexibility index (Phi) is 6.25. The molecule has 0 saturated carbocycles. The summed E-state index contributed by atoms with van der Waals surface area (Å²) in [7, 11) is -0.488. The van der Waals surface area contributed by atoms with Crippen LogP contribution >= 0.6 is 0 Å². The van der Waals surface area contributed by atoms with Gasteiger partial charge in [0.05, 0.1) is 6.61 Å². The third kappa shape index (κ3) is 4.30. The van der Waals surface area contributed by atoms with Crippen molar-refractivity contribution in [1.82, 2.24) is 5.32 Å². The summed E-state index contributed by atoms with van der Waals surface area (Å²) in [6.07, 6.45) is 4.57. The van der Waals surface area contributed by atoms with Gasteiger partial charge in [0.15, 0.2) is 0 Å². The van der Waals surface area contributed by atoms with Crippen molar-refractivity contribution in [3.05, 3.63) is 0 Å². The number of carbonyl (C=O) groups excluding carboxylic acids is 1. The first-order valence-electron chi connectivity index (χ1n) is 5.10. The van der Waals surface area contributed by atoms with E-state index in [-0.39, 0.29) is 0 Å². The zero-order valence-electron chi connectivity index (χ0n) is 10.2. The van der Waals surface area contributed by atoms with Gasteiger partial charge in [-0.05, 0) is 6.42 Å². The van der Waals surface area contributed by atoms with Crippen molar-refractivity contribution < 1.29 is 19.4 Å². The van der Waals surface area contributed by atoms with E-state index in [1.807, 2.05) is 6.92 Å². The molecule has 16 heavy (non-hydrogen) atoms. The number of ether oxygens (including phenoxy) is 1. The molecule has 0 aromatic heterocycles. The minimum atomic E-state index is -1.26. The number of carboxylic acids is 1. The minimum Gasteiger partial charge on any atom is -0.476 e. The van der Waals surface area contributed by atoms with Crippen molar-refractivity contribution in [3.8, 4) is 0 Å². The number of unbranched alkanes of at least 4 members (excludes halogenated alkanes) is 1. The second-order valence-electron chi connectivity index (χ2n) is 3.77. The summed E-state index contributed by atoms with van der Waals surface area (Å²) in [6, 6.07) is 0. The second kappa shape index (κ2) is 6.62. The van der Waals surface area contributed by atoms with Crippen molar-refractivity contribution in [1.29, 1.82) is 0 Å². The molecule has 0 aromatic carbocycles. The molecule has 2 N–H and O–H groups in total. The zero-order chi connectivity index (χ0) is 12.8. The van der Waals surface area contributed by atoms with E-state index in [2.05, 4.69) is 5.32 Å². The van der Waals surface area contributed by atoms with E-state index in [9.17, 15) is 9.59 Å². The molecular formula is C10H20NO4S+. The number of carboxylic acid groups (broad SMARTS) is 1. The monoisotopic (exact) mass is 250 g/mol. The van der Waals surface area contributed by atoms with Crippen molar-refractivity contribution in [2.24, 2.45) is 0 Å². The SMILES string of the molecule is CCCCOC(=O)NC(C)(C(=O)O)[S+](C)C. The molecule has 0 aromatic rings. The van der Waals surface area contributed by atoms with Gasteiger partial charge < -0.3 is 9.84 Å². The van der Waals surface area contributed by atoms with Crippen molar-refractivity contribution >= 4 is 23.0 Å². The number of alkyl carbamates (subject to hydrolysis) is 1. The fourth-order valence-electron chi connectivity index (χ4n) is 0.870. The van der Waals surface area contributed by atoms with Crippen LogP contribution in [-0.2, 0) is 20.4 Å². The molecule has 1 atom stereocenters. The van der Waals surface area contributed by atoms with Gasteiger partial charge in [0, 0.05) is 17.8 Å². The topological polar surface area (TPSA) is 75.6 Å². The maximum Gasteiger partial charge on any atom is 0.411 e. The van der Waals surface area contributed by atoms with Gasteiger partial charge >= 0.3 is 12.1 Å². The summed E-state index contributed by atoms with van der Waals surface area (Å²) >= 11 is 0. The summed E-state index contributed by atoms with van der Waals surface area (Å²) in [5, 5.41) is 11.5. The Bertz CT molecular complexity index is 257. The Balaban J connectivity index is 4.31. The molecule has 1 amide bonds. The molecule has 0 rings (SSSR count). The quantitative estimate of drug-likeness (QED) is 0.548. The smallest absolute Gasteiger partial charge is 0.411 e. The maximum absolute atomic E-state index is 11.4. The standard InChI is InChI=1S/C10H19NO4S/c1-5-6-7-15-9(14)11-10(2,8(12)13)16(3)4/h5-7H2,1-4H3,(H-,11,12,13,14)/p+1. The number of rotatable bonds is 6. The lowest BCUT2D eigenvalue weighted by atomic mass is 10.3. The minimum absolute atomic E-state index is 0.319. The molecule has 0 bridgehead atoms. The van der Waals surface area contributed by atoms with Gasteiger partial charge in [-0.1, -0.05) is 13.3 Å². The molecule has 94 valence electrons. The number of amides is 1. The number of carbonyl (C=O) groups is 2. The highest BCUT2D eigenvalue weighted by Gasteiger charge is 2.47. The summed E-state index contributed by atoms with van der Waals surface area (Å²) in [4.78, 5) is 21.2. The highest BCUT2D eigenvalue weighted by Crippen LogP contribution is 2.13. The molecule has 6 heteroatoms. The van der Waals surface area contributed by atoms with Gasteiger partial charge in [0.25, 0.3) is 4.87 Å². The Hall–Kier alpha value is -0.910. The maximum atomic E-state index is 11.4. The van der Waals surface area contributed by atoms with E-state index in [0.717, 1.165) is 12.8 Å². The molecule has 0 aliphatic heterocycles. The lowest BCUT2D eigenvalue weighted by Crippen LogP contribution is -2.57. The fourth-order valence-corrected chi connectivity index (χ4v) is 1.51. The fraction of sp³-hybridized carbons (Fsp3) is 0.800. The van der Waals surface area contributed by atoms with Crippen LogP contribution in [0.1, 0.15) is 26.7 Å². The summed E-state index contributed by atoms with van der Waals surface area (Å²) in [5.74, 6) is -1.05. The molecule has 5 nitrogen and oxygen atoms in total. The highest BCUT2D eigenvalue weighted by molar-refractivity contribution is 7.97.